The second-order valence-electron chi connectivity index (χ2n) is 3.64. The summed E-state index contributed by atoms with van der Waals surface area (Å²) in [5, 5.41) is 2.10. The summed E-state index contributed by atoms with van der Waals surface area (Å²) in [6.45, 7) is 0. The van der Waals surface area contributed by atoms with Crippen LogP contribution in [0.15, 0.2) is 82.6 Å². The Morgan fingerprint density at radius 2 is 1.28 bits per heavy atom. The summed E-state index contributed by atoms with van der Waals surface area (Å²) in [6.07, 6.45) is 0. The first-order chi connectivity index (χ1) is 8.86. The Hall–Kier alpha value is -1.38. The molecule has 3 rings (SSSR count). The lowest BCUT2D eigenvalue weighted by atomic mass is 10.2. The molecule has 3 aromatic rings. The molecule has 0 N–H and O–H groups in total. The van der Waals surface area contributed by atoms with Crippen molar-refractivity contribution in [2.24, 2.45) is 0 Å². The third-order valence-corrected chi connectivity index (χ3v) is 3.76. The quantitative estimate of drug-likeness (QED) is 0.527. The Morgan fingerprint density at radius 1 is 0.667 bits per heavy atom. The predicted molar refractivity (Wildman–Crippen MR) is 83.9 cm³/mol. The van der Waals surface area contributed by atoms with Crippen LogP contribution in [0, 0.1) is 0 Å². The molecule has 0 bridgehead atoms. The van der Waals surface area contributed by atoms with Crippen LogP contribution >= 0.6 is 27.3 Å². The molecule has 0 aliphatic rings. The highest BCUT2D eigenvalue weighted by Crippen LogP contribution is 2.23. The van der Waals surface area contributed by atoms with Crippen molar-refractivity contribution in [2.75, 3.05) is 0 Å². The molecule has 0 aliphatic heterocycles. The minimum atomic E-state index is 1.13. The maximum atomic E-state index is 3.31. The highest BCUT2D eigenvalue weighted by molar-refractivity contribution is 9.10. The third-order valence-electron chi connectivity index (χ3n) is 2.31. The zero-order chi connectivity index (χ0) is 12.6. The first-order valence-electron chi connectivity index (χ1n) is 5.66. The monoisotopic (exact) mass is 316 g/mol. The summed E-state index contributed by atoms with van der Waals surface area (Å²) >= 11 is 5.09. The number of halogens is 1. The highest BCUT2D eigenvalue weighted by Gasteiger charge is 1.93. The van der Waals surface area contributed by atoms with Gasteiger partial charge in [-0.2, -0.15) is 0 Å². The molecule has 2 aromatic carbocycles. The van der Waals surface area contributed by atoms with Crippen LogP contribution in [0.5, 0.6) is 0 Å². The average molecular weight is 317 g/mol. The topological polar surface area (TPSA) is 0 Å². The van der Waals surface area contributed by atoms with Crippen molar-refractivity contribution in [1.29, 1.82) is 0 Å². The van der Waals surface area contributed by atoms with Crippen LogP contribution in [-0.4, -0.2) is 0 Å². The van der Waals surface area contributed by atoms with Crippen molar-refractivity contribution in [3.63, 3.8) is 0 Å². The lowest BCUT2D eigenvalue weighted by Gasteiger charge is -1.93. The number of rotatable bonds is 1. The van der Waals surface area contributed by atoms with E-state index in [9.17, 15) is 0 Å². The summed E-state index contributed by atoms with van der Waals surface area (Å²) in [7, 11) is 0. The Bertz CT molecular complexity index is 544. The van der Waals surface area contributed by atoms with Gasteiger partial charge in [-0.1, -0.05) is 70.5 Å². The number of hydrogen-bond acceptors (Lipinski definition) is 1. The minimum absolute atomic E-state index is 1.13. The van der Waals surface area contributed by atoms with E-state index in [4.69, 9.17) is 0 Å². The third kappa shape index (κ3) is 4.13. The fraction of sp³-hybridized carbons (Fsp3) is 0. The van der Waals surface area contributed by atoms with Crippen LogP contribution in [0.1, 0.15) is 0 Å². The zero-order valence-electron chi connectivity index (χ0n) is 9.79. The molecule has 0 spiro atoms. The van der Waals surface area contributed by atoms with Gasteiger partial charge >= 0.3 is 0 Å². The van der Waals surface area contributed by atoms with Crippen LogP contribution in [0.25, 0.3) is 10.4 Å². The van der Waals surface area contributed by atoms with Crippen LogP contribution < -0.4 is 0 Å². The molecule has 90 valence electrons. The van der Waals surface area contributed by atoms with Gasteiger partial charge in [-0.3, -0.25) is 0 Å². The minimum Gasteiger partial charge on any atom is -0.144 e. The lowest BCUT2D eigenvalue weighted by molar-refractivity contribution is 1.66. The predicted octanol–water partition coefficient (Wildman–Crippen LogP) is 5.86. The van der Waals surface area contributed by atoms with Crippen molar-refractivity contribution in [3.05, 3.63) is 82.6 Å². The molecule has 0 amide bonds. The van der Waals surface area contributed by atoms with Gasteiger partial charge in [-0.25, -0.2) is 0 Å². The van der Waals surface area contributed by atoms with Crippen LogP contribution in [0.2, 0.25) is 0 Å². The van der Waals surface area contributed by atoms with E-state index in [1.54, 1.807) is 11.3 Å². The molecule has 0 atom stereocenters. The van der Waals surface area contributed by atoms with Gasteiger partial charge in [0, 0.05) is 9.35 Å². The molecule has 0 fully saturated rings. The Kier molecular flexibility index (Phi) is 5.18. The Morgan fingerprint density at radius 3 is 1.72 bits per heavy atom. The standard InChI is InChI=1S/C10H8S.C6H5Br/c1-2-5-9(6-3-1)10-7-4-8-11-10;7-6-4-2-1-3-5-6/h1-8H;1-5H. The maximum Gasteiger partial charge on any atom is 0.0342 e. The van der Waals surface area contributed by atoms with E-state index in [1.165, 1.54) is 10.4 Å². The first-order valence-corrected chi connectivity index (χ1v) is 7.33. The summed E-state index contributed by atoms with van der Waals surface area (Å²) in [5.41, 5.74) is 1.31. The van der Waals surface area contributed by atoms with Crippen molar-refractivity contribution in [2.45, 2.75) is 0 Å². The van der Waals surface area contributed by atoms with Crippen molar-refractivity contribution >= 4 is 27.3 Å². The number of hydrogen-bond donors (Lipinski definition) is 0. The molecular weight excluding hydrogens is 304 g/mol. The fourth-order valence-electron chi connectivity index (χ4n) is 1.46. The molecule has 2 heteroatoms. The largest absolute Gasteiger partial charge is 0.144 e. The summed E-state index contributed by atoms with van der Waals surface area (Å²) < 4.78 is 1.13. The van der Waals surface area contributed by atoms with Crippen LogP contribution in [-0.2, 0) is 0 Å². The van der Waals surface area contributed by atoms with E-state index >= 15 is 0 Å². The smallest absolute Gasteiger partial charge is 0.0342 e. The summed E-state index contributed by atoms with van der Waals surface area (Å²) in [4.78, 5) is 1.34. The molecule has 0 aliphatic carbocycles. The van der Waals surface area contributed by atoms with Gasteiger partial charge in [0.1, 0.15) is 0 Å². The number of benzene rings is 2. The molecule has 0 nitrogen and oxygen atoms in total. The average Bonchev–Trinajstić information content (AvgIpc) is 2.95. The second kappa shape index (κ2) is 7.14. The number of thiophene rings is 1. The summed E-state index contributed by atoms with van der Waals surface area (Å²) in [5.74, 6) is 0. The van der Waals surface area contributed by atoms with Gasteiger partial charge in [0.2, 0.25) is 0 Å². The molecule has 0 saturated carbocycles. The van der Waals surface area contributed by atoms with E-state index in [-0.39, 0.29) is 0 Å². The zero-order valence-corrected chi connectivity index (χ0v) is 12.2. The van der Waals surface area contributed by atoms with Gasteiger partial charge < -0.3 is 0 Å². The first kappa shape index (κ1) is 13.1. The van der Waals surface area contributed by atoms with Crippen molar-refractivity contribution in [1.82, 2.24) is 0 Å². The van der Waals surface area contributed by atoms with E-state index in [1.807, 2.05) is 36.4 Å². The molecule has 1 aromatic heterocycles. The fourth-order valence-corrected chi connectivity index (χ4v) is 2.50. The molecule has 1 heterocycles. The summed E-state index contributed by atoms with van der Waals surface area (Å²) in [6, 6.07) is 24.6. The molecule has 0 radical (unpaired) electrons. The normalized spacial score (nSPS) is 9.39. The van der Waals surface area contributed by atoms with Crippen LogP contribution in [0.4, 0.5) is 0 Å². The Labute approximate surface area is 120 Å². The van der Waals surface area contributed by atoms with Crippen LogP contribution in [0.3, 0.4) is 0 Å². The van der Waals surface area contributed by atoms with Crippen molar-refractivity contribution in [3.8, 4) is 10.4 Å². The lowest BCUT2D eigenvalue weighted by Crippen LogP contribution is -1.67. The second-order valence-corrected chi connectivity index (χ2v) is 5.50. The Balaban J connectivity index is 0.000000149. The van der Waals surface area contributed by atoms with E-state index in [0.29, 0.717) is 0 Å². The maximum absolute atomic E-state index is 3.31. The van der Waals surface area contributed by atoms with Gasteiger partial charge in [0.25, 0.3) is 0 Å². The molecular formula is C16H13BrS. The van der Waals surface area contributed by atoms with E-state index in [2.05, 4.69) is 57.7 Å². The molecule has 18 heavy (non-hydrogen) atoms. The van der Waals surface area contributed by atoms with E-state index in [0.717, 1.165) is 4.47 Å². The SMILES string of the molecule is Brc1ccccc1.c1ccc(-c2cccs2)cc1. The van der Waals surface area contributed by atoms with Crippen molar-refractivity contribution < 1.29 is 0 Å². The highest BCUT2D eigenvalue weighted by atomic mass is 79.9. The molecule has 0 unspecified atom stereocenters. The molecule has 0 saturated heterocycles. The van der Waals surface area contributed by atoms with Gasteiger partial charge in [0.05, 0.1) is 0 Å². The van der Waals surface area contributed by atoms with E-state index < -0.39 is 0 Å². The van der Waals surface area contributed by atoms with Gasteiger partial charge in [0.15, 0.2) is 0 Å². The van der Waals surface area contributed by atoms with Gasteiger partial charge in [-0.05, 0) is 29.1 Å². The van der Waals surface area contributed by atoms with Gasteiger partial charge in [-0.15, -0.1) is 11.3 Å².